The minimum atomic E-state index is -0.934. The van der Waals surface area contributed by atoms with E-state index in [1.54, 1.807) is 25.7 Å². The number of amides is 3. The summed E-state index contributed by atoms with van der Waals surface area (Å²) in [5.41, 5.74) is 2.81. The van der Waals surface area contributed by atoms with E-state index in [1.807, 2.05) is 91.9 Å². The molecule has 3 rings (SSSR count). The van der Waals surface area contributed by atoms with E-state index < -0.39 is 23.8 Å². The minimum Gasteiger partial charge on any atom is -0.444 e. The first-order valence-corrected chi connectivity index (χ1v) is 16.3. The molecule has 3 amide bonds. The van der Waals surface area contributed by atoms with Gasteiger partial charge >= 0.3 is 6.09 Å². The molecule has 3 aromatic rings. The number of unbranched alkanes of at least 4 members (excludes halogenated alkanes) is 5. The third-order valence-corrected chi connectivity index (χ3v) is 7.66. The number of hydrogen-bond acceptors (Lipinski definition) is 4. The van der Waals surface area contributed by atoms with Crippen molar-refractivity contribution in [3.63, 3.8) is 0 Å². The summed E-state index contributed by atoms with van der Waals surface area (Å²) in [6.45, 7) is 10.2. The SMILES string of the molecule is CCCCCCCCN(C(=O)C(Cc1ccccc1)NC(=O)OC(C)(C)C)C(C(=O)NCc1ccccc1)c1ccccc1C. The molecule has 0 fully saturated rings. The number of nitrogens with zero attached hydrogens (tertiary/aromatic N) is 1. The monoisotopic (exact) mass is 613 g/mol. The Balaban J connectivity index is 2.00. The van der Waals surface area contributed by atoms with Gasteiger partial charge in [0.2, 0.25) is 11.8 Å². The third-order valence-electron chi connectivity index (χ3n) is 7.66. The average molecular weight is 614 g/mol. The zero-order valence-corrected chi connectivity index (χ0v) is 27.7. The molecule has 0 radical (unpaired) electrons. The van der Waals surface area contributed by atoms with Gasteiger partial charge in [0.05, 0.1) is 0 Å². The van der Waals surface area contributed by atoms with Crippen molar-refractivity contribution in [2.24, 2.45) is 0 Å². The van der Waals surface area contributed by atoms with Crippen LogP contribution in [-0.2, 0) is 27.3 Å². The second kappa shape index (κ2) is 18.0. The second-order valence-corrected chi connectivity index (χ2v) is 12.7. The molecular formula is C38H51N3O4. The van der Waals surface area contributed by atoms with Crippen LogP contribution in [0.3, 0.4) is 0 Å². The molecule has 7 nitrogen and oxygen atoms in total. The van der Waals surface area contributed by atoms with Crippen molar-refractivity contribution in [3.8, 4) is 0 Å². The fourth-order valence-electron chi connectivity index (χ4n) is 5.35. The number of hydrogen-bond donors (Lipinski definition) is 2. The van der Waals surface area contributed by atoms with Gasteiger partial charge in [0.1, 0.15) is 17.7 Å². The molecule has 7 heteroatoms. The lowest BCUT2D eigenvalue weighted by Gasteiger charge is -2.35. The van der Waals surface area contributed by atoms with Crippen molar-refractivity contribution in [1.29, 1.82) is 0 Å². The number of aryl methyl sites for hydroxylation is 1. The highest BCUT2D eigenvalue weighted by Crippen LogP contribution is 2.27. The maximum Gasteiger partial charge on any atom is 0.408 e. The van der Waals surface area contributed by atoms with Gasteiger partial charge in [-0.15, -0.1) is 0 Å². The minimum absolute atomic E-state index is 0.261. The zero-order chi connectivity index (χ0) is 32.7. The van der Waals surface area contributed by atoms with Crippen molar-refractivity contribution in [1.82, 2.24) is 15.5 Å². The molecule has 2 atom stereocenters. The van der Waals surface area contributed by atoms with Gasteiger partial charge in [-0.25, -0.2) is 4.79 Å². The number of ether oxygens (including phenoxy) is 1. The molecule has 3 aromatic carbocycles. The van der Waals surface area contributed by atoms with Crippen LogP contribution in [0.25, 0.3) is 0 Å². The lowest BCUT2D eigenvalue weighted by Crippen LogP contribution is -2.54. The maximum absolute atomic E-state index is 14.7. The Morgan fingerprint density at radius 1 is 0.778 bits per heavy atom. The first-order valence-electron chi connectivity index (χ1n) is 16.3. The third kappa shape index (κ3) is 12.1. The van der Waals surface area contributed by atoms with E-state index in [2.05, 4.69) is 17.6 Å². The summed E-state index contributed by atoms with van der Waals surface area (Å²) in [4.78, 5) is 43.6. The molecule has 45 heavy (non-hydrogen) atoms. The second-order valence-electron chi connectivity index (χ2n) is 12.7. The molecule has 0 aliphatic heterocycles. The summed E-state index contributed by atoms with van der Waals surface area (Å²) in [6, 6.07) is 25.2. The van der Waals surface area contributed by atoms with Crippen molar-refractivity contribution in [2.45, 2.75) is 104 Å². The Hall–Kier alpha value is -4.13. The Morgan fingerprint density at radius 3 is 1.98 bits per heavy atom. The molecule has 0 bridgehead atoms. The van der Waals surface area contributed by atoms with Gasteiger partial charge < -0.3 is 20.3 Å². The molecule has 0 saturated heterocycles. The Kier molecular flexibility index (Phi) is 14.1. The summed E-state index contributed by atoms with van der Waals surface area (Å²) in [5.74, 6) is -0.579. The summed E-state index contributed by atoms with van der Waals surface area (Å²) >= 11 is 0. The van der Waals surface area contributed by atoms with Crippen molar-refractivity contribution in [3.05, 3.63) is 107 Å². The molecule has 242 valence electrons. The molecule has 2 N–H and O–H groups in total. The van der Waals surface area contributed by atoms with Crippen LogP contribution in [0.5, 0.6) is 0 Å². The molecule has 0 aliphatic carbocycles. The van der Waals surface area contributed by atoms with Gasteiger partial charge in [-0.1, -0.05) is 124 Å². The van der Waals surface area contributed by atoms with Gasteiger partial charge in [-0.05, 0) is 56.4 Å². The van der Waals surface area contributed by atoms with Crippen LogP contribution in [0, 0.1) is 6.92 Å². The van der Waals surface area contributed by atoms with Crippen LogP contribution >= 0.6 is 0 Å². The summed E-state index contributed by atoms with van der Waals surface area (Å²) in [6.07, 6.45) is 5.81. The molecular weight excluding hydrogens is 562 g/mol. The Bertz CT molecular complexity index is 1340. The maximum atomic E-state index is 14.7. The highest BCUT2D eigenvalue weighted by Gasteiger charge is 2.36. The zero-order valence-electron chi connectivity index (χ0n) is 27.7. The topological polar surface area (TPSA) is 87.7 Å². The predicted molar refractivity (Wildman–Crippen MR) is 181 cm³/mol. The van der Waals surface area contributed by atoms with Crippen LogP contribution in [0.15, 0.2) is 84.9 Å². The van der Waals surface area contributed by atoms with Crippen molar-refractivity contribution < 1.29 is 19.1 Å². The fourth-order valence-corrected chi connectivity index (χ4v) is 5.35. The smallest absolute Gasteiger partial charge is 0.408 e. The van der Waals surface area contributed by atoms with E-state index in [1.165, 1.54) is 6.42 Å². The normalized spacial score (nSPS) is 12.6. The van der Waals surface area contributed by atoms with Crippen LogP contribution < -0.4 is 10.6 Å². The lowest BCUT2D eigenvalue weighted by molar-refractivity contribution is -0.142. The number of alkyl carbamates (subject to hydrolysis) is 1. The van der Waals surface area contributed by atoms with E-state index in [0.717, 1.165) is 54.4 Å². The standard InChI is InChI=1S/C38H51N3O4/c1-6-7-8-9-10-19-26-41(36(43)33(27-30-21-13-11-14-22-30)40-37(44)45-38(3,4)5)34(32-25-18-17-20-29(32)2)35(42)39-28-31-23-15-12-16-24-31/h11-18,20-25,33-34H,6-10,19,26-28H2,1-5H3,(H,39,42)(H,40,44). The van der Waals surface area contributed by atoms with Crippen molar-refractivity contribution >= 4 is 17.9 Å². The largest absolute Gasteiger partial charge is 0.444 e. The van der Waals surface area contributed by atoms with Gasteiger partial charge in [0.25, 0.3) is 0 Å². The van der Waals surface area contributed by atoms with E-state index in [-0.39, 0.29) is 18.2 Å². The number of carbonyl (C=O) groups is 3. The highest BCUT2D eigenvalue weighted by atomic mass is 16.6. The molecule has 0 aliphatic rings. The van der Waals surface area contributed by atoms with E-state index >= 15 is 0 Å². The lowest BCUT2D eigenvalue weighted by atomic mass is 9.96. The predicted octanol–water partition coefficient (Wildman–Crippen LogP) is 7.68. The summed E-state index contributed by atoms with van der Waals surface area (Å²) < 4.78 is 5.57. The van der Waals surface area contributed by atoms with Gasteiger partial charge in [0, 0.05) is 19.5 Å². The summed E-state index contributed by atoms with van der Waals surface area (Å²) in [5, 5.41) is 5.95. The van der Waals surface area contributed by atoms with Crippen LogP contribution in [-0.4, -0.2) is 41.0 Å². The van der Waals surface area contributed by atoms with E-state index in [4.69, 9.17) is 4.74 Å². The van der Waals surface area contributed by atoms with Gasteiger partial charge in [0.15, 0.2) is 0 Å². The first kappa shape index (κ1) is 35.4. The van der Waals surface area contributed by atoms with E-state index in [0.29, 0.717) is 13.1 Å². The quantitative estimate of drug-likeness (QED) is 0.162. The molecule has 0 saturated carbocycles. The van der Waals surface area contributed by atoms with E-state index in [9.17, 15) is 14.4 Å². The van der Waals surface area contributed by atoms with Gasteiger partial charge in [-0.3, -0.25) is 9.59 Å². The molecule has 0 spiro atoms. The number of nitrogens with one attached hydrogen (secondary N) is 2. The number of rotatable bonds is 16. The first-order chi connectivity index (χ1) is 21.6. The Labute approximate surface area is 269 Å². The number of carbonyl (C=O) groups excluding carboxylic acids is 3. The fraction of sp³-hybridized carbons (Fsp3) is 0.447. The van der Waals surface area contributed by atoms with Crippen molar-refractivity contribution in [2.75, 3.05) is 6.54 Å². The van der Waals surface area contributed by atoms with Crippen LogP contribution in [0.1, 0.15) is 94.5 Å². The highest BCUT2D eigenvalue weighted by molar-refractivity contribution is 5.92. The van der Waals surface area contributed by atoms with Gasteiger partial charge in [-0.2, -0.15) is 0 Å². The molecule has 2 unspecified atom stereocenters. The summed E-state index contributed by atoms with van der Waals surface area (Å²) in [7, 11) is 0. The molecule has 0 aromatic heterocycles. The average Bonchev–Trinajstić information content (AvgIpc) is 3.01. The van der Waals surface area contributed by atoms with Crippen LogP contribution in [0.2, 0.25) is 0 Å². The molecule has 0 heterocycles. The van der Waals surface area contributed by atoms with Crippen LogP contribution in [0.4, 0.5) is 4.79 Å². The Morgan fingerprint density at radius 2 is 1.36 bits per heavy atom. The number of benzene rings is 3.